The van der Waals surface area contributed by atoms with Crippen molar-refractivity contribution in [2.45, 2.75) is 13.3 Å². The lowest BCUT2D eigenvalue weighted by Crippen LogP contribution is -2.28. The molecule has 0 bridgehead atoms. The summed E-state index contributed by atoms with van der Waals surface area (Å²) in [6.07, 6.45) is 0.441. The summed E-state index contributed by atoms with van der Waals surface area (Å²) in [6.45, 7) is 2.33. The van der Waals surface area contributed by atoms with E-state index in [2.05, 4.69) is 10.6 Å². The molecule has 2 aromatic carbocycles. The van der Waals surface area contributed by atoms with Gasteiger partial charge in [0, 0.05) is 12.2 Å². The van der Waals surface area contributed by atoms with Crippen LogP contribution in [0.25, 0.3) is 0 Å². The predicted octanol–water partition coefficient (Wildman–Crippen LogP) is 3.16. The van der Waals surface area contributed by atoms with Crippen LogP contribution in [-0.2, 0) is 16.0 Å². The van der Waals surface area contributed by atoms with Gasteiger partial charge in [0.1, 0.15) is 5.82 Å². The summed E-state index contributed by atoms with van der Waals surface area (Å²) in [7, 11) is 0. The Bertz CT molecular complexity index is 737. The van der Waals surface area contributed by atoms with E-state index in [1.807, 2.05) is 31.2 Å². The second kappa shape index (κ2) is 9.84. The number of carbonyl (C=O) groups is 2. The first-order valence-corrected chi connectivity index (χ1v) is 9.14. The van der Waals surface area contributed by atoms with E-state index in [4.69, 9.17) is 0 Å². The number of carbonyl (C=O) groups excluding carboxylic acids is 2. The molecular weight excluding hydrogens is 339 g/mol. The summed E-state index contributed by atoms with van der Waals surface area (Å²) < 4.78 is 13.4. The summed E-state index contributed by atoms with van der Waals surface area (Å²) in [5.74, 6) is -0.175. The van der Waals surface area contributed by atoms with Gasteiger partial charge in [0.05, 0.1) is 11.5 Å². The Morgan fingerprint density at radius 2 is 1.80 bits per heavy atom. The van der Waals surface area contributed by atoms with Crippen molar-refractivity contribution in [3.8, 4) is 0 Å². The van der Waals surface area contributed by atoms with Crippen LogP contribution >= 0.6 is 11.8 Å². The van der Waals surface area contributed by atoms with Crippen molar-refractivity contribution >= 4 is 29.3 Å². The van der Waals surface area contributed by atoms with Crippen molar-refractivity contribution in [3.63, 3.8) is 0 Å². The Morgan fingerprint density at radius 3 is 2.56 bits per heavy atom. The highest BCUT2D eigenvalue weighted by Crippen LogP contribution is 2.10. The second-order valence-electron chi connectivity index (χ2n) is 5.60. The Morgan fingerprint density at radius 1 is 1.04 bits per heavy atom. The normalized spacial score (nSPS) is 10.3. The maximum absolute atomic E-state index is 13.4. The molecule has 0 radical (unpaired) electrons. The number of rotatable bonds is 8. The van der Waals surface area contributed by atoms with Gasteiger partial charge in [-0.15, -0.1) is 11.8 Å². The zero-order valence-corrected chi connectivity index (χ0v) is 14.9. The molecule has 0 aliphatic rings. The molecule has 0 heterocycles. The summed E-state index contributed by atoms with van der Waals surface area (Å²) in [5, 5.41) is 5.53. The van der Waals surface area contributed by atoms with Crippen molar-refractivity contribution in [3.05, 3.63) is 65.5 Å². The van der Waals surface area contributed by atoms with Crippen LogP contribution in [0, 0.1) is 12.7 Å². The van der Waals surface area contributed by atoms with E-state index in [0.717, 1.165) is 11.3 Å². The molecule has 0 atom stereocenters. The minimum absolute atomic E-state index is 0.144. The van der Waals surface area contributed by atoms with Crippen LogP contribution in [-0.4, -0.2) is 29.9 Å². The topological polar surface area (TPSA) is 58.2 Å². The number of anilines is 1. The molecule has 0 unspecified atom stereocenters. The van der Waals surface area contributed by atoms with Gasteiger partial charge in [0.2, 0.25) is 11.8 Å². The van der Waals surface area contributed by atoms with E-state index < -0.39 is 0 Å². The van der Waals surface area contributed by atoms with Crippen LogP contribution in [0.5, 0.6) is 0 Å². The first-order chi connectivity index (χ1) is 12.0. The van der Waals surface area contributed by atoms with Gasteiger partial charge in [0.25, 0.3) is 0 Å². The number of halogens is 1. The SMILES string of the molecule is Cc1cccc(NC(=O)CSCC(=O)NCCc2ccccc2F)c1. The largest absolute Gasteiger partial charge is 0.355 e. The molecule has 0 aliphatic carbocycles. The minimum Gasteiger partial charge on any atom is -0.355 e. The Labute approximate surface area is 151 Å². The zero-order chi connectivity index (χ0) is 18.1. The van der Waals surface area contributed by atoms with Crippen molar-refractivity contribution < 1.29 is 14.0 Å². The first kappa shape index (κ1) is 19.0. The second-order valence-corrected chi connectivity index (χ2v) is 6.59. The smallest absolute Gasteiger partial charge is 0.234 e. The number of thioether (sulfide) groups is 1. The van der Waals surface area contributed by atoms with E-state index in [-0.39, 0.29) is 29.1 Å². The number of hydrogen-bond donors (Lipinski definition) is 2. The van der Waals surface area contributed by atoms with Crippen molar-refractivity contribution in [1.29, 1.82) is 0 Å². The van der Waals surface area contributed by atoms with Crippen LogP contribution in [0.2, 0.25) is 0 Å². The van der Waals surface area contributed by atoms with E-state index in [0.29, 0.717) is 18.5 Å². The lowest BCUT2D eigenvalue weighted by atomic mass is 10.1. The van der Waals surface area contributed by atoms with E-state index >= 15 is 0 Å². The number of aryl methyl sites for hydroxylation is 1. The molecule has 6 heteroatoms. The van der Waals surface area contributed by atoms with Gasteiger partial charge in [-0.1, -0.05) is 30.3 Å². The van der Waals surface area contributed by atoms with Crippen LogP contribution in [0.15, 0.2) is 48.5 Å². The highest BCUT2D eigenvalue weighted by Gasteiger charge is 2.07. The molecule has 132 valence electrons. The summed E-state index contributed by atoms with van der Waals surface area (Å²) in [4.78, 5) is 23.6. The van der Waals surface area contributed by atoms with Crippen LogP contribution in [0.1, 0.15) is 11.1 Å². The molecular formula is C19H21FN2O2S. The summed E-state index contributed by atoms with van der Waals surface area (Å²) in [6, 6.07) is 14.0. The van der Waals surface area contributed by atoms with Crippen LogP contribution < -0.4 is 10.6 Å². The van der Waals surface area contributed by atoms with E-state index in [1.165, 1.54) is 17.8 Å². The van der Waals surface area contributed by atoms with Gasteiger partial charge in [-0.25, -0.2) is 4.39 Å². The molecule has 0 fully saturated rings. The van der Waals surface area contributed by atoms with Crippen molar-refractivity contribution in [2.75, 3.05) is 23.4 Å². The van der Waals surface area contributed by atoms with Crippen molar-refractivity contribution in [2.24, 2.45) is 0 Å². The lowest BCUT2D eigenvalue weighted by molar-refractivity contribution is -0.118. The molecule has 0 spiro atoms. The van der Waals surface area contributed by atoms with Gasteiger partial charge in [0.15, 0.2) is 0 Å². The maximum atomic E-state index is 13.4. The van der Waals surface area contributed by atoms with Crippen molar-refractivity contribution in [1.82, 2.24) is 5.32 Å². The fourth-order valence-electron chi connectivity index (χ4n) is 2.25. The number of amides is 2. The number of nitrogens with one attached hydrogen (secondary N) is 2. The Kier molecular flexibility index (Phi) is 7.47. The molecule has 0 saturated carbocycles. The fraction of sp³-hybridized carbons (Fsp3) is 0.263. The van der Waals surface area contributed by atoms with Crippen LogP contribution in [0.3, 0.4) is 0 Å². The molecule has 2 aromatic rings. The third-order valence-corrected chi connectivity index (χ3v) is 4.38. The van der Waals surface area contributed by atoms with E-state index in [9.17, 15) is 14.0 Å². The molecule has 0 aliphatic heterocycles. The monoisotopic (exact) mass is 360 g/mol. The number of benzene rings is 2. The molecule has 2 rings (SSSR count). The van der Waals surface area contributed by atoms with Gasteiger partial charge in [-0.05, 0) is 42.7 Å². The quantitative estimate of drug-likeness (QED) is 0.760. The predicted molar refractivity (Wildman–Crippen MR) is 100 cm³/mol. The average molecular weight is 360 g/mol. The van der Waals surface area contributed by atoms with Gasteiger partial charge in [-0.3, -0.25) is 9.59 Å². The van der Waals surface area contributed by atoms with Gasteiger partial charge < -0.3 is 10.6 Å². The molecule has 25 heavy (non-hydrogen) atoms. The Hall–Kier alpha value is -2.34. The highest BCUT2D eigenvalue weighted by molar-refractivity contribution is 8.00. The van der Waals surface area contributed by atoms with E-state index in [1.54, 1.807) is 18.2 Å². The maximum Gasteiger partial charge on any atom is 0.234 e. The third-order valence-electron chi connectivity index (χ3n) is 3.44. The van der Waals surface area contributed by atoms with Gasteiger partial charge in [-0.2, -0.15) is 0 Å². The lowest BCUT2D eigenvalue weighted by Gasteiger charge is -2.07. The third kappa shape index (κ3) is 6.97. The summed E-state index contributed by atoms with van der Waals surface area (Å²) >= 11 is 1.24. The zero-order valence-electron chi connectivity index (χ0n) is 14.0. The Balaban J connectivity index is 1.62. The molecule has 2 N–H and O–H groups in total. The number of hydrogen-bond acceptors (Lipinski definition) is 3. The minimum atomic E-state index is -0.265. The molecule has 4 nitrogen and oxygen atoms in total. The van der Waals surface area contributed by atoms with Gasteiger partial charge >= 0.3 is 0 Å². The fourth-order valence-corrected chi connectivity index (χ4v) is 2.89. The molecule has 0 saturated heterocycles. The highest BCUT2D eigenvalue weighted by atomic mass is 32.2. The molecule has 0 aromatic heterocycles. The van der Waals surface area contributed by atoms with Crippen LogP contribution in [0.4, 0.5) is 10.1 Å². The molecule has 2 amide bonds. The standard InChI is InChI=1S/C19H21FN2O2S/c1-14-5-4-7-16(11-14)22-19(24)13-25-12-18(23)21-10-9-15-6-2-3-8-17(15)20/h2-8,11H,9-10,12-13H2,1H3,(H,21,23)(H,22,24). The first-order valence-electron chi connectivity index (χ1n) is 7.99. The average Bonchev–Trinajstić information content (AvgIpc) is 2.56. The summed E-state index contributed by atoms with van der Waals surface area (Å²) in [5.41, 5.74) is 2.40.